The molecule has 0 fully saturated rings. The number of pyridine rings is 1. The topological polar surface area (TPSA) is 51.4 Å². The maximum Gasteiger partial charge on any atom is 0.137 e. The lowest BCUT2D eigenvalue weighted by atomic mass is 9.84. The number of aromatic nitrogens is 1. The smallest absolute Gasteiger partial charge is 0.137 e. The maximum atomic E-state index is 6.52. The number of methoxy groups -OCH3 is 1. The van der Waals surface area contributed by atoms with E-state index in [1.807, 2.05) is 12.3 Å². The van der Waals surface area contributed by atoms with Crippen molar-refractivity contribution in [3.05, 3.63) is 24.0 Å². The summed E-state index contributed by atoms with van der Waals surface area (Å²) < 4.78 is 5.23. The van der Waals surface area contributed by atoms with Crippen molar-refractivity contribution in [1.29, 1.82) is 0 Å². The van der Waals surface area contributed by atoms with Crippen LogP contribution in [0.2, 0.25) is 0 Å². The molecule has 0 spiro atoms. The molecule has 1 aromatic heterocycles. The number of rotatable bonds is 7. The number of hydrogen-bond donors (Lipinski definition) is 1. The number of nitrogens with zero attached hydrogens (tertiary/aromatic N) is 2. The second-order valence-corrected chi connectivity index (χ2v) is 5.02. The van der Waals surface area contributed by atoms with Crippen LogP contribution in [0.25, 0.3) is 0 Å². The van der Waals surface area contributed by atoms with E-state index in [4.69, 9.17) is 10.5 Å². The molecule has 2 unspecified atom stereocenters. The molecule has 108 valence electrons. The highest BCUT2D eigenvalue weighted by molar-refractivity contribution is 5.28. The van der Waals surface area contributed by atoms with Gasteiger partial charge in [-0.15, -0.1) is 0 Å². The Hall–Kier alpha value is -1.13. The minimum absolute atomic E-state index is 0.0719. The highest BCUT2D eigenvalue weighted by Gasteiger charge is 2.35. The van der Waals surface area contributed by atoms with Gasteiger partial charge in [0.15, 0.2) is 0 Å². The van der Waals surface area contributed by atoms with Gasteiger partial charge in [0.2, 0.25) is 0 Å². The number of likely N-dealkylation sites (N-methyl/N-ethyl adjacent to an activating group) is 1. The Bertz CT molecular complexity index is 393. The Morgan fingerprint density at radius 1 is 1.32 bits per heavy atom. The Morgan fingerprint density at radius 3 is 2.42 bits per heavy atom. The molecule has 0 saturated carbocycles. The molecular weight excluding hydrogens is 238 g/mol. The average Bonchev–Trinajstić information content (AvgIpc) is 2.47. The van der Waals surface area contributed by atoms with Crippen molar-refractivity contribution in [2.45, 2.75) is 45.7 Å². The highest BCUT2D eigenvalue weighted by Crippen LogP contribution is 2.33. The molecule has 0 radical (unpaired) electrons. The summed E-state index contributed by atoms with van der Waals surface area (Å²) in [6.45, 7) is 10.7. The van der Waals surface area contributed by atoms with Crippen LogP contribution in [0.5, 0.6) is 5.75 Å². The van der Waals surface area contributed by atoms with E-state index >= 15 is 0 Å². The molecule has 0 aliphatic heterocycles. The lowest BCUT2D eigenvalue weighted by Crippen LogP contribution is -2.53. The van der Waals surface area contributed by atoms with Gasteiger partial charge in [0.05, 0.1) is 13.3 Å². The second-order valence-electron chi connectivity index (χ2n) is 5.02. The van der Waals surface area contributed by atoms with Crippen LogP contribution in [0.3, 0.4) is 0 Å². The molecule has 4 nitrogen and oxygen atoms in total. The van der Waals surface area contributed by atoms with E-state index in [1.165, 1.54) is 0 Å². The molecule has 0 amide bonds. The zero-order valence-electron chi connectivity index (χ0n) is 12.8. The first-order chi connectivity index (χ1) is 9.03. The van der Waals surface area contributed by atoms with E-state index in [9.17, 15) is 0 Å². The molecule has 2 N–H and O–H groups in total. The standard InChI is InChI=1S/C15H27N3O/c1-6-15(4,18(7-2)8-3)14(16)12-9-13(19-5)11-17-10-12/h9-11,14H,6-8,16H2,1-5H3. The van der Waals surface area contributed by atoms with Gasteiger partial charge in [-0.25, -0.2) is 0 Å². The lowest BCUT2D eigenvalue weighted by Gasteiger charge is -2.44. The summed E-state index contributed by atoms with van der Waals surface area (Å²) in [7, 11) is 1.65. The fraction of sp³-hybridized carbons (Fsp3) is 0.667. The number of hydrogen-bond acceptors (Lipinski definition) is 4. The van der Waals surface area contributed by atoms with E-state index in [0.29, 0.717) is 0 Å². The third kappa shape index (κ3) is 3.25. The van der Waals surface area contributed by atoms with Crippen molar-refractivity contribution in [1.82, 2.24) is 9.88 Å². The Morgan fingerprint density at radius 2 is 1.95 bits per heavy atom. The number of ether oxygens (including phenoxy) is 1. The van der Waals surface area contributed by atoms with Gasteiger partial charge in [0, 0.05) is 17.8 Å². The second kappa shape index (κ2) is 6.87. The van der Waals surface area contributed by atoms with Crippen molar-refractivity contribution in [3.63, 3.8) is 0 Å². The summed E-state index contributed by atoms with van der Waals surface area (Å²) >= 11 is 0. The molecule has 0 saturated heterocycles. The Kier molecular flexibility index (Phi) is 5.76. The molecule has 1 aromatic rings. The molecule has 2 atom stereocenters. The van der Waals surface area contributed by atoms with Gasteiger partial charge in [-0.2, -0.15) is 0 Å². The van der Waals surface area contributed by atoms with Crippen LogP contribution in [0, 0.1) is 0 Å². The minimum atomic E-state index is -0.0833. The van der Waals surface area contributed by atoms with Crippen LogP contribution in [-0.4, -0.2) is 35.6 Å². The normalized spacial score (nSPS) is 16.2. The first-order valence-corrected chi connectivity index (χ1v) is 7.03. The van der Waals surface area contributed by atoms with Crippen molar-refractivity contribution in [2.75, 3.05) is 20.2 Å². The fourth-order valence-electron chi connectivity index (χ4n) is 2.66. The van der Waals surface area contributed by atoms with Crippen LogP contribution < -0.4 is 10.5 Å². The van der Waals surface area contributed by atoms with Gasteiger partial charge >= 0.3 is 0 Å². The molecule has 1 rings (SSSR count). The maximum absolute atomic E-state index is 6.52. The van der Waals surface area contributed by atoms with Gasteiger partial charge in [0.25, 0.3) is 0 Å². The Labute approximate surface area is 117 Å². The van der Waals surface area contributed by atoms with E-state index in [2.05, 4.69) is 37.6 Å². The molecular formula is C15H27N3O. The van der Waals surface area contributed by atoms with Crippen molar-refractivity contribution in [2.24, 2.45) is 5.73 Å². The molecule has 19 heavy (non-hydrogen) atoms. The quantitative estimate of drug-likeness (QED) is 0.823. The van der Waals surface area contributed by atoms with Gasteiger partial charge in [0.1, 0.15) is 5.75 Å². The van der Waals surface area contributed by atoms with Gasteiger partial charge in [-0.3, -0.25) is 9.88 Å². The van der Waals surface area contributed by atoms with Crippen LogP contribution in [0.4, 0.5) is 0 Å². The van der Waals surface area contributed by atoms with E-state index in [0.717, 1.165) is 30.8 Å². The molecule has 0 aliphatic rings. The number of nitrogens with two attached hydrogens (primary N) is 1. The van der Waals surface area contributed by atoms with E-state index in [-0.39, 0.29) is 11.6 Å². The largest absolute Gasteiger partial charge is 0.495 e. The monoisotopic (exact) mass is 265 g/mol. The van der Waals surface area contributed by atoms with Crippen LogP contribution >= 0.6 is 0 Å². The summed E-state index contributed by atoms with van der Waals surface area (Å²) in [4.78, 5) is 6.63. The molecule has 4 heteroatoms. The van der Waals surface area contributed by atoms with Crippen molar-refractivity contribution < 1.29 is 4.74 Å². The third-order valence-corrected chi connectivity index (χ3v) is 4.20. The van der Waals surface area contributed by atoms with Crippen molar-refractivity contribution in [3.8, 4) is 5.75 Å². The van der Waals surface area contributed by atoms with Crippen LogP contribution in [-0.2, 0) is 0 Å². The molecule has 1 heterocycles. The highest BCUT2D eigenvalue weighted by atomic mass is 16.5. The van der Waals surface area contributed by atoms with Gasteiger partial charge < -0.3 is 10.5 Å². The fourth-order valence-corrected chi connectivity index (χ4v) is 2.66. The molecule has 0 bridgehead atoms. The zero-order valence-corrected chi connectivity index (χ0v) is 12.8. The first-order valence-electron chi connectivity index (χ1n) is 7.03. The third-order valence-electron chi connectivity index (χ3n) is 4.20. The predicted octanol–water partition coefficient (Wildman–Crippen LogP) is 2.60. The summed E-state index contributed by atoms with van der Waals surface area (Å²) in [5, 5.41) is 0. The zero-order chi connectivity index (χ0) is 14.5. The van der Waals surface area contributed by atoms with Crippen LogP contribution in [0.15, 0.2) is 18.5 Å². The van der Waals surface area contributed by atoms with Crippen LogP contribution in [0.1, 0.15) is 45.7 Å². The van der Waals surface area contributed by atoms with E-state index < -0.39 is 0 Å². The summed E-state index contributed by atoms with van der Waals surface area (Å²) in [6.07, 6.45) is 4.54. The minimum Gasteiger partial charge on any atom is -0.495 e. The summed E-state index contributed by atoms with van der Waals surface area (Å²) in [5.41, 5.74) is 7.47. The molecule has 0 aromatic carbocycles. The van der Waals surface area contributed by atoms with Gasteiger partial charge in [-0.05, 0) is 38.1 Å². The molecule has 0 aliphatic carbocycles. The van der Waals surface area contributed by atoms with E-state index in [1.54, 1.807) is 13.3 Å². The first kappa shape index (κ1) is 15.9. The Balaban J connectivity index is 3.09. The van der Waals surface area contributed by atoms with Gasteiger partial charge in [-0.1, -0.05) is 20.8 Å². The van der Waals surface area contributed by atoms with Crippen molar-refractivity contribution >= 4 is 0 Å². The summed E-state index contributed by atoms with van der Waals surface area (Å²) in [6, 6.07) is 1.90. The lowest BCUT2D eigenvalue weighted by molar-refractivity contribution is 0.0842. The summed E-state index contributed by atoms with van der Waals surface area (Å²) in [5.74, 6) is 0.756. The predicted molar refractivity (Wildman–Crippen MR) is 79.3 cm³/mol. The SMILES string of the molecule is CCN(CC)C(C)(CC)C(N)c1cncc(OC)c1. The average molecular weight is 265 g/mol.